The largest absolute Gasteiger partial charge is 0.462 e. The molecular weight excluding hydrogens is 961 g/mol. The Morgan fingerprint density at radius 2 is 0.462 bits per heavy atom. The highest BCUT2D eigenvalue weighted by Crippen LogP contribution is 2.17. The Morgan fingerprint density at radius 1 is 0.256 bits per heavy atom. The molecule has 0 fully saturated rings. The Bertz CT molecular complexity index is 1390. The minimum absolute atomic E-state index is 0.0770. The molecule has 6 nitrogen and oxygen atoms in total. The third kappa shape index (κ3) is 63.9. The van der Waals surface area contributed by atoms with Crippen molar-refractivity contribution in [1.82, 2.24) is 0 Å². The average Bonchev–Trinajstić information content (AvgIpc) is 3.44. The quantitative estimate of drug-likeness (QED) is 0.0261. The van der Waals surface area contributed by atoms with E-state index in [0.717, 1.165) is 83.5 Å². The van der Waals surface area contributed by atoms with Gasteiger partial charge in [-0.1, -0.05) is 293 Å². The molecule has 0 heterocycles. The molecule has 1 atom stereocenters. The Hall–Kier alpha value is -2.89. The fourth-order valence-corrected chi connectivity index (χ4v) is 10.0. The molecule has 0 aliphatic rings. The van der Waals surface area contributed by atoms with Crippen LogP contribution in [0.15, 0.2) is 60.8 Å². The third-order valence-electron chi connectivity index (χ3n) is 15.2. The van der Waals surface area contributed by atoms with E-state index in [9.17, 15) is 14.4 Å². The predicted molar refractivity (Wildman–Crippen MR) is 339 cm³/mol. The molecule has 0 N–H and O–H groups in total. The van der Waals surface area contributed by atoms with Crippen LogP contribution in [0, 0.1) is 0 Å². The van der Waals surface area contributed by atoms with E-state index >= 15 is 0 Å². The number of rotatable bonds is 63. The molecule has 454 valence electrons. The topological polar surface area (TPSA) is 78.9 Å². The first-order chi connectivity index (χ1) is 38.5. The van der Waals surface area contributed by atoms with Gasteiger partial charge in [0.15, 0.2) is 6.10 Å². The monoisotopic (exact) mass is 1090 g/mol. The first kappa shape index (κ1) is 75.1. The van der Waals surface area contributed by atoms with Crippen LogP contribution >= 0.6 is 0 Å². The maximum absolute atomic E-state index is 12.9. The second kappa shape index (κ2) is 66.6. The van der Waals surface area contributed by atoms with Crippen molar-refractivity contribution in [3.63, 3.8) is 0 Å². The highest BCUT2D eigenvalue weighted by atomic mass is 16.6. The van der Waals surface area contributed by atoms with Crippen LogP contribution in [-0.2, 0) is 28.6 Å². The molecule has 6 heteroatoms. The molecule has 0 saturated carbocycles. The molecule has 0 amide bonds. The van der Waals surface area contributed by atoms with Crippen molar-refractivity contribution in [3.8, 4) is 0 Å². The van der Waals surface area contributed by atoms with Crippen molar-refractivity contribution in [2.45, 2.75) is 367 Å². The molecule has 0 aliphatic carbocycles. The molecule has 0 aliphatic heterocycles. The highest BCUT2D eigenvalue weighted by Gasteiger charge is 2.19. The number of hydrogen-bond acceptors (Lipinski definition) is 6. The summed E-state index contributed by atoms with van der Waals surface area (Å²) in [5.74, 6) is -0.874. The number of allylic oxidation sites excluding steroid dienone is 10. The molecule has 0 aromatic heterocycles. The summed E-state index contributed by atoms with van der Waals surface area (Å²) in [7, 11) is 0. The molecule has 0 bridgehead atoms. The second-order valence-electron chi connectivity index (χ2n) is 23.1. The Labute approximate surface area is 485 Å². The van der Waals surface area contributed by atoms with Crippen LogP contribution in [0.4, 0.5) is 0 Å². The number of carbonyl (C=O) groups is 3. The summed E-state index contributed by atoms with van der Waals surface area (Å²) in [5, 5.41) is 0. The summed E-state index contributed by atoms with van der Waals surface area (Å²) >= 11 is 0. The van der Waals surface area contributed by atoms with Crippen molar-refractivity contribution in [2.24, 2.45) is 0 Å². The van der Waals surface area contributed by atoms with Gasteiger partial charge in [-0.05, 0) is 109 Å². The summed E-state index contributed by atoms with van der Waals surface area (Å²) in [6.07, 6.45) is 85.3. The summed E-state index contributed by atoms with van der Waals surface area (Å²) in [5.41, 5.74) is 0. The number of ether oxygens (including phenoxy) is 3. The van der Waals surface area contributed by atoms with Crippen LogP contribution in [0.2, 0.25) is 0 Å². The van der Waals surface area contributed by atoms with E-state index in [-0.39, 0.29) is 31.1 Å². The molecule has 1 unspecified atom stereocenters. The fraction of sp³-hybridized carbons (Fsp3) is 0.819. The fourth-order valence-electron chi connectivity index (χ4n) is 10.0. The Balaban J connectivity index is 4.21. The van der Waals surface area contributed by atoms with E-state index in [1.165, 1.54) is 238 Å². The highest BCUT2D eigenvalue weighted by molar-refractivity contribution is 5.71. The van der Waals surface area contributed by atoms with Gasteiger partial charge in [0.1, 0.15) is 13.2 Å². The molecule has 0 radical (unpaired) electrons. The van der Waals surface area contributed by atoms with Crippen LogP contribution < -0.4 is 0 Å². The van der Waals surface area contributed by atoms with Gasteiger partial charge in [-0.25, -0.2) is 0 Å². The van der Waals surface area contributed by atoms with Gasteiger partial charge >= 0.3 is 17.9 Å². The maximum atomic E-state index is 12.9. The SMILES string of the molecule is CCCCCC/C=C\C/C=C\CCCCCCCCCC(=O)OC(COC(=O)CCCCCCC/C=C\CCCCCC)COC(=O)CCCCCCCCCCCCCCCCCCC/C=C\C/C=C\CCCCCCC. The lowest BCUT2D eigenvalue weighted by molar-refractivity contribution is -0.167. The Morgan fingerprint density at radius 3 is 0.731 bits per heavy atom. The standard InChI is InChI=1S/C72H130O6/c1-4-7-10-13-16-19-22-25-27-29-31-32-33-34-35-36-37-38-39-40-41-43-44-47-50-53-56-59-62-65-71(74)77-68-69(67-76-70(73)64-61-58-55-52-49-46-24-21-18-15-12-9-6-3)78-72(75)66-63-60-57-54-51-48-45-42-30-28-26-23-20-17-14-11-8-5-2/h20-25,28-31,69H,4-19,26-27,32-68H2,1-3H3/b23-20-,24-21-,25-22-,30-28-,31-29-. The van der Waals surface area contributed by atoms with Crippen molar-refractivity contribution in [2.75, 3.05) is 13.2 Å². The maximum Gasteiger partial charge on any atom is 0.306 e. The second-order valence-corrected chi connectivity index (χ2v) is 23.1. The van der Waals surface area contributed by atoms with Gasteiger partial charge in [0.05, 0.1) is 0 Å². The first-order valence-electron chi connectivity index (χ1n) is 34.3. The number of carbonyl (C=O) groups excluding carboxylic acids is 3. The number of esters is 3. The van der Waals surface area contributed by atoms with Crippen LogP contribution in [-0.4, -0.2) is 37.2 Å². The lowest BCUT2D eigenvalue weighted by Gasteiger charge is -2.18. The van der Waals surface area contributed by atoms with E-state index in [0.29, 0.717) is 19.3 Å². The molecule has 0 aromatic rings. The van der Waals surface area contributed by atoms with E-state index in [4.69, 9.17) is 14.2 Å². The van der Waals surface area contributed by atoms with Gasteiger partial charge < -0.3 is 14.2 Å². The zero-order chi connectivity index (χ0) is 56.4. The average molecular weight is 1090 g/mol. The summed E-state index contributed by atoms with van der Waals surface area (Å²) in [6, 6.07) is 0. The molecule has 0 aromatic carbocycles. The van der Waals surface area contributed by atoms with Crippen LogP contribution in [0.25, 0.3) is 0 Å². The molecule has 78 heavy (non-hydrogen) atoms. The van der Waals surface area contributed by atoms with Crippen molar-refractivity contribution in [1.29, 1.82) is 0 Å². The van der Waals surface area contributed by atoms with Gasteiger partial charge in [-0.15, -0.1) is 0 Å². The minimum atomic E-state index is -0.781. The summed E-state index contributed by atoms with van der Waals surface area (Å²) in [6.45, 7) is 6.63. The van der Waals surface area contributed by atoms with Crippen LogP contribution in [0.3, 0.4) is 0 Å². The first-order valence-corrected chi connectivity index (χ1v) is 34.3. The number of hydrogen-bond donors (Lipinski definition) is 0. The Kier molecular flexibility index (Phi) is 64.2. The predicted octanol–water partition coefficient (Wildman–Crippen LogP) is 23.5. The van der Waals surface area contributed by atoms with Gasteiger partial charge in [0.25, 0.3) is 0 Å². The number of unbranched alkanes of at least 4 members (excludes halogenated alkanes) is 42. The third-order valence-corrected chi connectivity index (χ3v) is 15.2. The lowest BCUT2D eigenvalue weighted by Crippen LogP contribution is -2.30. The van der Waals surface area contributed by atoms with Crippen LogP contribution in [0.5, 0.6) is 0 Å². The van der Waals surface area contributed by atoms with E-state index in [2.05, 4.69) is 81.5 Å². The van der Waals surface area contributed by atoms with Gasteiger partial charge in [0, 0.05) is 19.3 Å². The van der Waals surface area contributed by atoms with E-state index < -0.39 is 6.10 Å². The minimum Gasteiger partial charge on any atom is -0.462 e. The zero-order valence-electron chi connectivity index (χ0n) is 52.2. The van der Waals surface area contributed by atoms with Gasteiger partial charge in [-0.2, -0.15) is 0 Å². The molecule has 0 spiro atoms. The smallest absolute Gasteiger partial charge is 0.306 e. The lowest BCUT2D eigenvalue weighted by atomic mass is 10.0. The van der Waals surface area contributed by atoms with Gasteiger partial charge in [0.2, 0.25) is 0 Å². The van der Waals surface area contributed by atoms with Crippen molar-refractivity contribution >= 4 is 17.9 Å². The summed E-state index contributed by atoms with van der Waals surface area (Å²) < 4.78 is 16.9. The zero-order valence-corrected chi connectivity index (χ0v) is 52.2. The van der Waals surface area contributed by atoms with Crippen molar-refractivity contribution < 1.29 is 28.6 Å². The summed E-state index contributed by atoms with van der Waals surface area (Å²) in [4.78, 5) is 38.3. The molecular formula is C72H130O6. The normalized spacial score (nSPS) is 12.4. The van der Waals surface area contributed by atoms with E-state index in [1.807, 2.05) is 0 Å². The van der Waals surface area contributed by atoms with Crippen molar-refractivity contribution in [3.05, 3.63) is 60.8 Å². The van der Waals surface area contributed by atoms with Crippen LogP contribution in [0.1, 0.15) is 361 Å². The molecule has 0 saturated heterocycles. The van der Waals surface area contributed by atoms with E-state index in [1.54, 1.807) is 0 Å². The molecule has 0 rings (SSSR count). The van der Waals surface area contributed by atoms with Gasteiger partial charge in [-0.3, -0.25) is 14.4 Å².